The molecule has 3 heterocycles. The number of nitrogens with zero attached hydrogens (tertiary/aromatic N) is 4. The summed E-state index contributed by atoms with van der Waals surface area (Å²) in [5, 5.41) is 6.23. The molecule has 0 bridgehead atoms. The second-order valence-corrected chi connectivity index (χ2v) is 8.00. The highest BCUT2D eigenvalue weighted by Crippen LogP contribution is 2.37. The van der Waals surface area contributed by atoms with E-state index >= 15 is 0 Å². The predicted molar refractivity (Wildman–Crippen MR) is 113 cm³/mol. The number of halogens is 1. The Morgan fingerprint density at radius 1 is 1.28 bits per heavy atom. The van der Waals surface area contributed by atoms with Gasteiger partial charge in [-0.05, 0) is 38.6 Å². The average molecular weight is 417 g/mol. The fraction of sp³-hybridized carbons (Fsp3) is 0.450. The molecule has 2 aliphatic heterocycles. The summed E-state index contributed by atoms with van der Waals surface area (Å²) in [7, 11) is 4.05. The number of carbonyl (C=O) groups is 1. The maximum Gasteiger partial charge on any atom is 0.319 e. The third-order valence-electron chi connectivity index (χ3n) is 5.29. The van der Waals surface area contributed by atoms with Crippen molar-refractivity contribution in [1.29, 1.82) is 0 Å². The van der Waals surface area contributed by atoms with Gasteiger partial charge in [-0.3, -0.25) is 0 Å². The van der Waals surface area contributed by atoms with Crippen LogP contribution >= 0.6 is 11.6 Å². The number of likely N-dealkylation sites (tertiary alicyclic amines) is 1. The van der Waals surface area contributed by atoms with E-state index in [1.807, 2.05) is 7.05 Å². The first-order valence-corrected chi connectivity index (χ1v) is 10.2. The molecule has 1 aromatic carbocycles. The van der Waals surface area contributed by atoms with Crippen LogP contribution in [0, 0.1) is 0 Å². The first-order chi connectivity index (χ1) is 14.0. The van der Waals surface area contributed by atoms with Crippen LogP contribution in [0.5, 0.6) is 11.6 Å². The van der Waals surface area contributed by atoms with E-state index in [0.717, 1.165) is 50.3 Å². The number of urea groups is 1. The summed E-state index contributed by atoms with van der Waals surface area (Å²) in [6, 6.07) is 5.06. The molecule has 0 saturated carbocycles. The van der Waals surface area contributed by atoms with E-state index in [4.69, 9.17) is 16.3 Å². The first kappa shape index (κ1) is 19.7. The SMILES string of the molecule is CN1CCCC(NC(=O)Nc2ccc(Oc3ncnc4c3N(C)CC4)cc2Cl)C1. The number of carbonyl (C=O) groups excluding carboxylic acids is 1. The predicted octanol–water partition coefficient (Wildman–Crippen LogP) is 3.13. The molecule has 154 valence electrons. The van der Waals surface area contributed by atoms with Crippen LogP contribution in [0.4, 0.5) is 16.2 Å². The summed E-state index contributed by atoms with van der Waals surface area (Å²) < 4.78 is 5.95. The average Bonchev–Trinajstić information content (AvgIpc) is 3.06. The van der Waals surface area contributed by atoms with E-state index in [2.05, 4.69) is 37.4 Å². The Balaban J connectivity index is 1.41. The van der Waals surface area contributed by atoms with Crippen molar-refractivity contribution in [2.24, 2.45) is 0 Å². The third kappa shape index (κ3) is 4.54. The molecule has 9 heteroatoms. The van der Waals surface area contributed by atoms with Gasteiger partial charge in [-0.1, -0.05) is 11.6 Å². The van der Waals surface area contributed by atoms with Crippen molar-refractivity contribution in [2.45, 2.75) is 25.3 Å². The number of aromatic nitrogens is 2. The van der Waals surface area contributed by atoms with Gasteiger partial charge in [-0.2, -0.15) is 4.98 Å². The fourth-order valence-electron chi connectivity index (χ4n) is 3.82. The minimum absolute atomic E-state index is 0.145. The molecule has 29 heavy (non-hydrogen) atoms. The van der Waals surface area contributed by atoms with Gasteiger partial charge in [-0.25, -0.2) is 9.78 Å². The molecule has 2 N–H and O–H groups in total. The van der Waals surface area contributed by atoms with Crippen LogP contribution in [-0.4, -0.2) is 60.7 Å². The summed E-state index contributed by atoms with van der Waals surface area (Å²) in [4.78, 5) is 25.2. The summed E-state index contributed by atoms with van der Waals surface area (Å²) in [6.45, 7) is 2.81. The van der Waals surface area contributed by atoms with E-state index in [0.29, 0.717) is 22.3 Å². The highest BCUT2D eigenvalue weighted by atomic mass is 35.5. The lowest BCUT2D eigenvalue weighted by Gasteiger charge is -2.30. The molecule has 2 amide bonds. The lowest BCUT2D eigenvalue weighted by molar-refractivity contribution is 0.216. The van der Waals surface area contributed by atoms with Crippen LogP contribution in [0.3, 0.4) is 0 Å². The van der Waals surface area contributed by atoms with Crippen LogP contribution in [0.2, 0.25) is 5.02 Å². The molecule has 1 atom stereocenters. The van der Waals surface area contributed by atoms with E-state index in [1.165, 1.54) is 6.33 Å². The molecular formula is C20H25ClN6O2. The number of amides is 2. The van der Waals surface area contributed by atoms with Crippen molar-refractivity contribution in [2.75, 3.05) is 43.9 Å². The molecule has 1 aromatic heterocycles. The number of rotatable bonds is 4. The molecule has 8 nitrogen and oxygen atoms in total. The van der Waals surface area contributed by atoms with Gasteiger partial charge < -0.3 is 25.2 Å². The Morgan fingerprint density at radius 2 is 2.14 bits per heavy atom. The van der Waals surface area contributed by atoms with E-state index in [1.54, 1.807) is 18.2 Å². The van der Waals surface area contributed by atoms with Crippen LogP contribution in [0.25, 0.3) is 0 Å². The molecule has 4 rings (SSSR count). The lowest BCUT2D eigenvalue weighted by atomic mass is 10.1. The quantitative estimate of drug-likeness (QED) is 0.796. The Kier molecular flexibility index (Phi) is 5.73. The van der Waals surface area contributed by atoms with Gasteiger partial charge in [0.15, 0.2) is 0 Å². The zero-order valence-corrected chi connectivity index (χ0v) is 17.4. The van der Waals surface area contributed by atoms with Gasteiger partial charge in [0.05, 0.1) is 16.4 Å². The van der Waals surface area contributed by atoms with E-state index < -0.39 is 0 Å². The largest absolute Gasteiger partial charge is 0.437 e. The fourth-order valence-corrected chi connectivity index (χ4v) is 4.04. The van der Waals surface area contributed by atoms with Gasteiger partial charge in [-0.15, -0.1) is 0 Å². The summed E-state index contributed by atoms with van der Waals surface area (Å²) in [5.74, 6) is 1.06. The number of hydrogen-bond acceptors (Lipinski definition) is 6. The monoisotopic (exact) mass is 416 g/mol. The topological polar surface area (TPSA) is 82.6 Å². The zero-order chi connectivity index (χ0) is 20.4. The second-order valence-electron chi connectivity index (χ2n) is 7.59. The molecular weight excluding hydrogens is 392 g/mol. The maximum absolute atomic E-state index is 12.3. The number of nitrogens with one attached hydrogen (secondary N) is 2. The van der Waals surface area contributed by atoms with E-state index in [9.17, 15) is 4.79 Å². The van der Waals surface area contributed by atoms with Gasteiger partial charge >= 0.3 is 6.03 Å². The van der Waals surface area contributed by atoms with Crippen molar-refractivity contribution < 1.29 is 9.53 Å². The molecule has 1 saturated heterocycles. The molecule has 2 aliphatic rings. The normalized spacial score (nSPS) is 19.0. The highest BCUT2D eigenvalue weighted by molar-refractivity contribution is 6.33. The number of fused-ring (bicyclic) bond motifs is 1. The summed E-state index contributed by atoms with van der Waals surface area (Å²) in [6.07, 6.45) is 4.45. The van der Waals surface area contributed by atoms with Crippen molar-refractivity contribution in [3.8, 4) is 11.6 Å². The minimum Gasteiger partial charge on any atom is -0.437 e. The standard InChI is InChI=1S/C20H25ClN6O2/c1-26-8-3-4-13(11-26)24-20(28)25-16-6-5-14(10-15(16)21)29-19-18-17(22-12-23-19)7-9-27(18)2/h5-6,10,12-13H,3-4,7-9,11H2,1-2H3,(H2,24,25,28). The number of ether oxygens (including phenoxy) is 1. The Labute approximate surface area is 175 Å². The number of likely N-dealkylation sites (N-methyl/N-ethyl adjacent to an activating group) is 2. The third-order valence-corrected chi connectivity index (χ3v) is 5.61. The van der Waals surface area contributed by atoms with Crippen LogP contribution in [0.1, 0.15) is 18.5 Å². The lowest BCUT2D eigenvalue weighted by Crippen LogP contribution is -2.47. The van der Waals surface area contributed by atoms with Crippen LogP contribution in [0.15, 0.2) is 24.5 Å². The molecule has 0 spiro atoms. The maximum atomic E-state index is 12.3. The Morgan fingerprint density at radius 3 is 2.93 bits per heavy atom. The number of hydrogen-bond donors (Lipinski definition) is 2. The molecule has 1 unspecified atom stereocenters. The van der Waals surface area contributed by atoms with Crippen molar-refractivity contribution in [3.63, 3.8) is 0 Å². The number of benzene rings is 1. The van der Waals surface area contributed by atoms with E-state index in [-0.39, 0.29) is 12.1 Å². The van der Waals surface area contributed by atoms with Crippen LogP contribution in [-0.2, 0) is 6.42 Å². The second kappa shape index (κ2) is 8.42. The van der Waals surface area contributed by atoms with Crippen molar-refractivity contribution in [1.82, 2.24) is 20.2 Å². The molecule has 1 fully saturated rings. The Hall–Kier alpha value is -2.58. The van der Waals surface area contributed by atoms with Crippen molar-refractivity contribution in [3.05, 3.63) is 35.2 Å². The molecule has 2 aromatic rings. The molecule has 0 radical (unpaired) electrons. The van der Waals surface area contributed by atoms with Gasteiger partial charge in [0, 0.05) is 38.7 Å². The van der Waals surface area contributed by atoms with Crippen molar-refractivity contribution >= 4 is 29.0 Å². The van der Waals surface area contributed by atoms with Gasteiger partial charge in [0.1, 0.15) is 17.8 Å². The minimum atomic E-state index is -0.254. The van der Waals surface area contributed by atoms with Crippen LogP contribution < -0.4 is 20.3 Å². The number of anilines is 2. The Bertz CT molecular complexity index is 909. The smallest absolute Gasteiger partial charge is 0.319 e. The highest BCUT2D eigenvalue weighted by Gasteiger charge is 2.23. The number of piperidine rings is 1. The summed E-state index contributed by atoms with van der Waals surface area (Å²) in [5.41, 5.74) is 2.42. The van der Waals surface area contributed by atoms with Gasteiger partial charge in [0.25, 0.3) is 0 Å². The van der Waals surface area contributed by atoms with Gasteiger partial charge in [0.2, 0.25) is 5.88 Å². The zero-order valence-electron chi connectivity index (χ0n) is 16.6. The first-order valence-electron chi connectivity index (χ1n) is 9.78. The summed E-state index contributed by atoms with van der Waals surface area (Å²) >= 11 is 6.38. The molecule has 0 aliphatic carbocycles.